The van der Waals surface area contributed by atoms with Crippen molar-refractivity contribution < 1.29 is 18.9 Å². The summed E-state index contributed by atoms with van der Waals surface area (Å²) in [4.78, 5) is 4.38. The van der Waals surface area contributed by atoms with E-state index >= 15 is 0 Å². The van der Waals surface area contributed by atoms with Crippen LogP contribution in [0.1, 0.15) is 0 Å². The molecule has 2 aromatic heterocycles. The number of rotatable bonds is 6. The third kappa shape index (κ3) is 3.06. The van der Waals surface area contributed by atoms with Crippen molar-refractivity contribution in [3.05, 3.63) is 36.7 Å². The number of nitrogens with zero attached hydrogens (tertiary/aromatic N) is 4. The number of benzene rings is 1. The van der Waals surface area contributed by atoms with E-state index in [1.54, 1.807) is 57.6 Å². The Labute approximate surface area is 144 Å². The van der Waals surface area contributed by atoms with Gasteiger partial charge in [0.05, 0.1) is 52.2 Å². The lowest BCUT2D eigenvalue weighted by atomic mass is 10.2. The Morgan fingerprint density at radius 2 is 1.56 bits per heavy atom. The number of ether oxygens (including phenoxy) is 4. The summed E-state index contributed by atoms with van der Waals surface area (Å²) in [5.74, 6) is 2.25. The molecule has 0 amide bonds. The van der Waals surface area contributed by atoms with Gasteiger partial charge >= 0.3 is 0 Å². The van der Waals surface area contributed by atoms with Crippen LogP contribution in [0.2, 0.25) is 0 Å². The minimum absolute atomic E-state index is 0.512. The Hall–Kier alpha value is -3.29. The predicted molar refractivity (Wildman–Crippen MR) is 90.8 cm³/mol. The molecule has 0 aliphatic heterocycles. The first-order valence-corrected chi connectivity index (χ1v) is 7.43. The van der Waals surface area contributed by atoms with Gasteiger partial charge in [-0.15, -0.1) is 5.10 Å². The summed E-state index contributed by atoms with van der Waals surface area (Å²) in [6.45, 7) is 0. The number of pyridine rings is 1. The quantitative estimate of drug-likeness (QED) is 0.680. The van der Waals surface area contributed by atoms with Crippen molar-refractivity contribution in [1.82, 2.24) is 20.0 Å². The fourth-order valence-electron chi connectivity index (χ4n) is 2.44. The van der Waals surface area contributed by atoms with Gasteiger partial charge in [0.15, 0.2) is 11.5 Å². The molecule has 0 unspecified atom stereocenters. The van der Waals surface area contributed by atoms with E-state index < -0.39 is 0 Å². The molecule has 0 spiro atoms. The summed E-state index contributed by atoms with van der Waals surface area (Å²) >= 11 is 0. The lowest BCUT2D eigenvalue weighted by molar-refractivity contribution is 0.324. The zero-order chi connectivity index (χ0) is 17.8. The summed E-state index contributed by atoms with van der Waals surface area (Å²) in [5, 5.41) is 8.16. The predicted octanol–water partition coefficient (Wildman–Crippen LogP) is 2.36. The molecule has 0 saturated heterocycles. The van der Waals surface area contributed by atoms with E-state index in [2.05, 4.69) is 15.3 Å². The molecular formula is C17H18N4O4. The van der Waals surface area contributed by atoms with Crippen LogP contribution in [-0.2, 0) is 0 Å². The molecule has 25 heavy (non-hydrogen) atoms. The van der Waals surface area contributed by atoms with E-state index in [0.717, 1.165) is 5.69 Å². The van der Waals surface area contributed by atoms with Gasteiger partial charge in [-0.3, -0.25) is 4.98 Å². The van der Waals surface area contributed by atoms with Crippen LogP contribution in [0.4, 0.5) is 0 Å². The van der Waals surface area contributed by atoms with Crippen LogP contribution in [0, 0.1) is 0 Å². The van der Waals surface area contributed by atoms with Crippen molar-refractivity contribution in [2.45, 2.75) is 0 Å². The normalized spacial score (nSPS) is 10.4. The molecule has 130 valence electrons. The van der Waals surface area contributed by atoms with Crippen molar-refractivity contribution in [3.63, 3.8) is 0 Å². The van der Waals surface area contributed by atoms with Crippen LogP contribution in [-0.4, -0.2) is 48.4 Å². The molecule has 3 rings (SSSR count). The van der Waals surface area contributed by atoms with Crippen LogP contribution in [0.25, 0.3) is 17.1 Å². The summed E-state index contributed by atoms with van der Waals surface area (Å²) in [6, 6.07) is 7.26. The topological polar surface area (TPSA) is 80.5 Å². The van der Waals surface area contributed by atoms with Crippen LogP contribution in [0.3, 0.4) is 0 Å². The monoisotopic (exact) mass is 342 g/mol. The van der Waals surface area contributed by atoms with Gasteiger partial charge in [0, 0.05) is 12.1 Å². The second-order valence-corrected chi connectivity index (χ2v) is 5.00. The highest BCUT2D eigenvalue weighted by Gasteiger charge is 2.17. The zero-order valence-corrected chi connectivity index (χ0v) is 14.4. The fraction of sp³-hybridized carbons (Fsp3) is 0.235. The summed E-state index contributed by atoms with van der Waals surface area (Å²) < 4.78 is 22.9. The first-order chi connectivity index (χ1) is 12.2. The highest BCUT2D eigenvalue weighted by molar-refractivity contribution is 5.62. The van der Waals surface area contributed by atoms with Gasteiger partial charge in [-0.25, -0.2) is 4.68 Å². The minimum Gasteiger partial charge on any atom is -0.495 e. The molecule has 1 aromatic carbocycles. The van der Waals surface area contributed by atoms with E-state index in [1.807, 2.05) is 12.1 Å². The Bertz CT molecular complexity index is 836. The molecule has 0 aliphatic carbocycles. The second kappa shape index (κ2) is 7.08. The van der Waals surface area contributed by atoms with Crippen molar-refractivity contribution in [1.29, 1.82) is 0 Å². The molecule has 0 N–H and O–H groups in total. The average Bonchev–Trinajstić information content (AvgIpc) is 3.16. The highest BCUT2D eigenvalue weighted by Crippen LogP contribution is 2.39. The smallest absolute Gasteiger partial charge is 0.203 e. The van der Waals surface area contributed by atoms with Crippen molar-refractivity contribution in [2.24, 2.45) is 0 Å². The molecule has 0 radical (unpaired) electrons. The fourth-order valence-corrected chi connectivity index (χ4v) is 2.44. The number of aromatic nitrogens is 4. The lowest BCUT2D eigenvalue weighted by Gasteiger charge is -2.14. The molecule has 0 fully saturated rings. The van der Waals surface area contributed by atoms with Crippen LogP contribution >= 0.6 is 0 Å². The average molecular weight is 342 g/mol. The molecule has 8 nitrogen and oxygen atoms in total. The van der Waals surface area contributed by atoms with Gasteiger partial charge in [0.25, 0.3) is 0 Å². The Morgan fingerprint density at radius 3 is 2.08 bits per heavy atom. The first kappa shape index (κ1) is 16.6. The van der Waals surface area contributed by atoms with E-state index in [0.29, 0.717) is 34.4 Å². The number of hydrogen-bond acceptors (Lipinski definition) is 7. The molecule has 0 bridgehead atoms. The Balaban J connectivity index is 2.10. The summed E-state index contributed by atoms with van der Waals surface area (Å²) in [6.07, 6.45) is 3.28. The maximum Gasteiger partial charge on any atom is 0.203 e. The largest absolute Gasteiger partial charge is 0.495 e. The SMILES string of the molecule is COc1ccc(-c2cnnn2-c2cc(OC)c(OC)c(OC)c2)nc1. The van der Waals surface area contributed by atoms with Crippen molar-refractivity contribution in [2.75, 3.05) is 28.4 Å². The Kier molecular flexibility index (Phi) is 4.69. The van der Waals surface area contributed by atoms with Crippen molar-refractivity contribution >= 4 is 0 Å². The highest BCUT2D eigenvalue weighted by atomic mass is 16.5. The molecule has 8 heteroatoms. The van der Waals surface area contributed by atoms with Gasteiger partial charge in [0.1, 0.15) is 11.4 Å². The zero-order valence-electron chi connectivity index (χ0n) is 14.4. The van der Waals surface area contributed by atoms with Gasteiger partial charge in [-0.2, -0.15) is 0 Å². The van der Waals surface area contributed by atoms with Crippen LogP contribution < -0.4 is 18.9 Å². The summed E-state index contributed by atoms with van der Waals surface area (Å²) in [7, 11) is 6.28. The standard InChI is InChI=1S/C17H18N4O4/c1-22-12-5-6-13(18-9-12)14-10-19-20-21(14)11-7-15(23-2)17(25-4)16(8-11)24-3/h5-10H,1-4H3. The lowest BCUT2D eigenvalue weighted by Crippen LogP contribution is -2.03. The number of hydrogen-bond donors (Lipinski definition) is 0. The van der Waals surface area contributed by atoms with E-state index in [4.69, 9.17) is 18.9 Å². The van der Waals surface area contributed by atoms with E-state index in [9.17, 15) is 0 Å². The van der Waals surface area contributed by atoms with Gasteiger partial charge < -0.3 is 18.9 Å². The maximum absolute atomic E-state index is 5.39. The molecule has 0 saturated carbocycles. The van der Waals surface area contributed by atoms with Crippen LogP contribution in [0.15, 0.2) is 36.7 Å². The van der Waals surface area contributed by atoms with E-state index in [-0.39, 0.29) is 0 Å². The molecular weight excluding hydrogens is 324 g/mol. The molecule has 0 aliphatic rings. The van der Waals surface area contributed by atoms with E-state index in [1.165, 1.54) is 0 Å². The van der Waals surface area contributed by atoms with Crippen molar-refractivity contribution in [3.8, 4) is 40.1 Å². The third-order valence-electron chi connectivity index (χ3n) is 3.68. The molecule has 3 aromatic rings. The minimum atomic E-state index is 0.512. The number of methoxy groups -OCH3 is 4. The van der Waals surface area contributed by atoms with Gasteiger partial charge in [-0.1, -0.05) is 5.21 Å². The second-order valence-electron chi connectivity index (χ2n) is 5.00. The van der Waals surface area contributed by atoms with Crippen LogP contribution in [0.5, 0.6) is 23.0 Å². The first-order valence-electron chi connectivity index (χ1n) is 7.43. The maximum atomic E-state index is 5.39. The van der Waals surface area contributed by atoms with Gasteiger partial charge in [-0.05, 0) is 12.1 Å². The van der Waals surface area contributed by atoms with Gasteiger partial charge in [0.2, 0.25) is 5.75 Å². The third-order valence-corrected chi connectivity index (χ3v) is 3.68. The molecule has 0 atom stereocenters. The summed E-state index contributed by atoms with van der Waals surface area (Å²) in [5.41, 5.74) is 2.14. The molecule has 2 heterocycles. The Morgan fingerprint density at radius 1 is 0.840 bits per heavy atom.